The van der Waals surface area contributed by atoms with Crippen molar-refractivity contribution in [3.05, 3.63) is 40.8 Å². The number of carboxylic acid groups (broad SMARTS) is 1. The van der Waals surface area contributed by atoms with Crippen LogP contribution in [-0.2, 0) is 0 Å². The molecule has 0 bridgehead atoms. The number of methoxy groups -OCH3 is 1. The van der Waals surface area contributed by atoms with Gasteiger partial charge in [-0.1, -0.05) is 11.6 Å². The third-order valence-corrected chi connectivity index (χ3v) is 3.65. The first-order valence-electron chi connectivity index (χ1n) is 6.67. The molecule has 0 atom stereocenters. The summed E-state index contributed by atoms with van der Waals surface area (Å²) in [6.45, 7) is 1.92. The van der Waals surface area contributed by atoms with E-state index in [0.717, 1.165) is 11.1 Å². The normalized spacial score (nSPS) is 10.7. The number of rotatable bonds is 4. The van der Waals surface area contributed by atoms with Crippen LogP contribution < -0.4 is 10.1 Å². The number of aromatic carboxylic acids is 1. The first kappa shape index (κ1) is 15.1. The number of fused-ring (bicyclic) bond motifs is 1. The molecule has 3 aromatic rings. The smallest absolute Gasteiger partial charge is 0.339 e. The Hall–Kier alpha value is -2.80. The number of hydrogen-bond donors (Lipinski definition) is 3. The van der Waals surface area contributed by atoms with Crippen molar-refractivity contribution in [3.8, 4) is 5.75 Å². The van der Waals surface area contributed by atoms with Crippen LogP contribution in [0.15, 0.2) is 24.5 Å². The zero-order valence-electron chi connectivity index (χ0n) is 12.3. The zero-order chi connectivity index (χ0) is 16.6. The minimum atomic E-state index is -1.11. The highest BCUT2D eigenvalue weighted by atomic mass is 35.5. The van der Waals surface area contributed by atoms with E-state index in [0.29, 0.717) is 17.2 Å². The SMILES string of the molecule is COc1cc(Nc2ncnc3[nH]c(C)cc23)c(Cl)cc1C(=O)O. The lowest BCUT2D eigenvalue weighted by atomic mass is 10.1. The Morgan fingerprint density at radius 1 is 1.35 bits per heavy atom. The van der Waals surface area contributed by atoms with Gasteiger partial charge < -0.3 is 20.1 Å². The molecule has 0 aliphatic carbocycles. The van der Waals surface area contributed by atoms with Crippen molar-refractivity contribution in [2.45, 2.75) is 6.92 Å². The molecule has 0 aliphatic rings. The molecule has 2 heterocycles. The van der Waals surface area contributed by atoms with E-state index in [4.69, 9.17) is 21.4 Å². The maximum Gasteiger partial charge on any atom is 0.339 e. The summed E-state index contributed by atoms with van der Waals surface area (Å²) in [5.74, 6) is -0.340. The third kappa shape index (κ3) is 2.78. The van der Waals surface area contributed by atoms with E-state index < -0.39 is 5.97 Å². The molecule has 0 unspecified atom stereocenters. The van der Waals surface area contributed by atoms with Gasteiger partial charge in [0.05, 0.1) is 23.2 Å². The molecular formula is C15H13ClN4O3. The summed E-state index contributed by atoms with van der Waals surface area (Å²) in [5, 5.41) is 13.3. The lowest BCUT2D eigenvalue weighted by molar-refractivity contribution is 0.0693. The molecule has 23 heavy (non-hydrogen) atoms. The second kappa shape index (κ2) is 5.77. The molecule has 3 rings (SSSR count). The number of anilines is 2. The molecule has 7 nitrogen and oxygen atoms in total. The highest BCUT2D eigenvalue weighted by Crippen LogP contribution is 2.34. The van der Waals surface area contributed by atoms with Crippen LogP contribution in [-0.4, -0.2) is 33.1 Å². The quantitative estimate of drug-likeness (QED) is 0.677. The first-order chi connectivity index (χ1) is 11.0. The van der Waals surface area contributed by atoms with E-state index in [-0.39, 0.29) is 16.3 Å². The molecule has 0 fully saturated rings. The Bertz CT molecular complexity index is 907. The molecule has 1 aromatic carbocycles. The van der Waals surface area contributed by atoms with E-state index >= 15 is 0 Å². The summed E-state index contributed by atoms with van der Waals surface area (Å²) in [7, 11) is 1.40. The Morgan fingerprint density at radius 3 is 2.83 bits per heavy atom. The van der Waals surface area contributed by atoms with Gasteiger partial charge in [-0.2, -0.15) is 0 Å². The number of nitrogens with one attached hydrogen (secondary N) is 2. The van der Waals surface area contributed by atoms with Crippen LogP contribution in [0.2, 0.25) is 5.02 Å². The van der Waals surface area contributed by atoms with E-state index in [2.05, 4.69) is 20.3 Å². The first-order valence-corrected chi connectivity index (χ1v) is 7.05. The highest BCUT2D eigenvalue weighted by molar-refractivity contribution is 6.33. The van der Waals surface area contributed by atoms with E-state index in [1.807, 2.05) is 13.0 Å². The topological polar surface area (TPSA) is 100 Å². The monoisotopic (exact) mass is 332 g/mol. The average Bonchev–Trinajstić information content (AvgIpc) is 2.90. The number of hydrogen-bond acceptors (Lipinski definition) is 5. The number of benzene rings is 1. The average molecular weight is 333 g/mol. The summed E-state index contributed by atoms with van der Waals surface area (Å²) < 4.78 is 5.11. The van der Waals surface area contributed by atoms with E-state index in [9.17, 15) is 4.79 Å². The van der Waals surface area contributed by atoms with E-state index in [1.54, 1.807) is 0 Å². The third-order valence-electron chi connectivity index (χ3n) is 3.33. The van der Waals surface area contributed by atoms with Crippen molar-refractivity contribution in [2.75, 3.05) is 12.4 Å². The van der Waals surface area contributed by atoms with Gasteiger partial charge in [-0.15, -0.1) is 0 Å². The van der Waals surface area contributed by atoms with Crippen LogP contribution in [0, 0.1) is 6.92 Å². The lowest BCUT2D eigenvalue weighted by Gasteiger charge is -2.12. The van der Waals surface area contributed by atoms with Crippen LogP contribution in [0.4, 0.5) is 11.5 Å². The van der Waals surface area contributed by atoms with Crippen molar-refractivity contribution < 1.29 is 14.6 Å². The largest absolute Gasteiger partial charge is 0.496 e. The predicted molar refractivity (Wildman–Crippen MR) is 86.9 cm³/mol. The maximum absolute atomic E-state index is 11.2. The number of carbonyl (C=O) groups is 1. The van der Waals surface area contributed by atoms with Gasteiger partial charge in [-0.05, 0) is 19.1 Å². The molecule has 3 N–H and O–H groups in total. The van der Waals surface area contributed by atoms with Gasteiger partial charge in [0.2, 0.25) is 0 Å². The number of nitrogens with zero attached hydrogens (tertiary/aromatic N) is 2. The molecule has 0 spiro atoms. The summed E-state index contributed by atoms with van der Waals surface area (Å²) in [6.07, 6.45) is 1.43. The highest BCUT2D eigenvalue weighted by Gasteiger charge is 2.16. The fourth-order valence-corrected chi connectivity index (χ4v) is 2.49. The molecule has 8 heteroatoms. The standard InChI is InChI=1S/C15H13ClN4O3/c1-7-3-9-13(19-7)17-6-18-14(9)20-11-5-12(23-2)8(15(21)22)4-10(11)16/h3-6H,1-2H3,(H,21,22)(H2,17,18,19,20). The maximum atomic E-state index is 11.2. The second-order valence-electron chi connectivity index (χ2n) is 4.90. The van der Waals surface area contributed by atoms with Crippen LogP contribution in [0.3, 0.4) is 0 Å². The number of H-pyrrole nitrogens is 1. The molecule has 0 saturated carbocycles. The number of halogens is 1. The van der Waals surface area contributed by atoms with Crippen molar-refractivity contribution in [2.24, 2.45) is 0 Å². The molecule has 0 radical (unpaired) electrons. The molecule has 2 aromatic heterocycles. The molecule has 0 saturated heterocycles. The van der Waals surface area contributed by atoms with Gasteiger partial charge in [0.1, 0.15) is 29.1 Å². The summed E-state index contributed by atoms with van der Waals surface area (Å²) >= 11 is 6.18. The number of aromatic amines is 1. The van der Waals surface area contributed by atoms with Gasteiger partial charge in [-0.3, -0.25) is 0 Å². The Labute approximate surface area is 136 Å². The predicted octanol–water partition coefficient (Wildman–Crippen LogP) is 3.37. The number of carboxylic acids is 1. The Balaban J connectivity index is 2.06. The molecule has 118 valence electrons. The lowest BCUT2D eigenvalue weighted by Crippen LogP contribution is -2.03. The van der Waals surface area contributed by atoms with Crippen LogP contribution in [0.1, 0.15) is 16.1 Å². The zero-order valence-corrected chi connectivity index (χ0v) is 13.1. The second-order valence-corrected chi connectivity index (χ2v) is 5.31. The molecule has 0 amide bonds. The fraction of sp³-hybridized carbons (Fsp3) is 0.133. The van der Waals surface area contributed by atoms with Gasteiger partial charge >= 0.3 is 5.97 Å². The number of aromatic nitrogens is 3. The van der Waals surface area contributed by atoms with Crippen molar-refractivity contribution >= 4 is 40.1 Å². The summed E-state index contributed by atoms with van der Waals surface area (Å²) in [4.78, 5) is 22.7. The Morgan fingerprint density at radius 2 is 2.13 bits per heavy atom. The Kier molecular flexibility index (Phi) is 3.79. The fourth-order valence-electron chi connectivity index (χ4n) is 2.28. The minimum Gasteiger partial charge on any atom is -0.496 e. The van der Waals surface area contributed by atoms with Gasteiger partial charge in [-0.25, -0.2) is 14.8 Å². The van der Waals surface area contributed by atoms with Crippen LogP contribution >= 0.6 is 11.6 Å². The van der Waals surface area contributed by atoms with Gasteiger partial charge in [0, 0.05) is 11.8 Å². The van der Waals surface area contributed by atoms with Gasteiger partial charge in [0.25, 0.3) is 0 Å². The minimum absolute atomic E-state index is 0.00614. The summed E-state index contributed by atoms with van der Waals surface area (Å²) in [6, 6.07) is 4.78. The number of ether oxygens (including phenoxy) is 1. The van der Waals surface area contributed by atoms with Crippen molar-refractivity contribution in [1.29, 1.82) is 0 Å². The van der Waals surface area contributed by atoms with Crippen molar-refractivity contribution in [1.82, 2.24) is 15.0 Å². The van der Waals surface area contributed by atoms with Crippen molar-refractivity contribution in [3.63, 3.8) is 0 Å². The van der Waals surface area contributed by atoms with Gasteiger partial charge in [0.15, 0.2) is 0 Å². The summed E-state index contributed by atoms with van der Waals surface area (Å²) in [5.41, 5.74) is 2.14. The molecular weight excluding hydrogens is 320 g/mol. The number of aryl methyl sites for hydroxylation is 1. The van der Waals surface area contributed by atoms with E-state index in [1.165, 1.54) is 25.6 Å². The molecule has 0 aliphatic heterocycles. The van der Waals surface area contributed by atoms with Crippen LogP contribution in [0.5, 0.6) is 5.75 Å². The van der Waals surface area contributed by atoms with Crippen LogP contribution in [0.25, 0.3) is 11.0 Å².